The van der Waals surface area contributed by atoms with Crippen LogP contribution in [-0.2, 0) is 17.4 Å². The van der Waals surface area contributed by atoms with Gasteiger partial charge < -0.3 is 10.1 Å². The summed E-state index contributed by atoms with van der Waals surface area (Å²) in [5, 5.41) is 13.2. The highest BCUT2D eigenvalue weighted by Gasteiger charge is 2.28. The predicted molar refractivity (Wildman–Crippen MR) is 108 cm³/mol. The van der Waals surface area contributed by atoms with Gasteiger partial charge in [-0.05, 0) is 45.9 Å². The maximum Gasteiger partial charge on any atom is 0.220 e. The van der Waals surface area contributed by atoms with E-state index in [1.807, 2.05) is 49.2 Å². The molecule has 1 saturated heterocycles. The number of hydrogen-bond acceptors (Lipinski definition) is 4. The molecule has 3 heterocycles. The molecule has 2 atom stereocenters. The number of carbonyl (C=O) groups is 1. The zero-order chi connectivity index (χ0) is 20.1. The summed E-state index contributed by atoms with van der Waals surface area (Å²) in [5.41, 5.74) is 2.64. The summed E-state index contributed by atoms with van der Waals surface area (Å²) >= 11 is 0. The van der Waals surface area contributed by atoms with Gasteiger partial charge in [-0.25, -0.2) is 0 Å². The average molecular weight is 381 g/mol. The Morgan fingerprint density at radius 2 is 2.07 bits per heavy atom. The van der Waals surface area contributed by atoms with Gasteiger partial charge >= 0.3 is 0 Å². The molecule has 1 aliphatic heterocycles. The number of amides is 1. The predicted octanol–water partition coefficient (Wildman–Crippen LogP) is 3.10. The van der Waals surface area contributed by atoms with Crippen molar-refractivity contribution in [2.24, 2.45) is 13.0 Å². The number of rotatable bonds is 4. The number of fused-ring (bicyclic) bond motifs is 1. The second-order valence-electron chi connectivity index (χ2n) is 8.62. The Morgan fingerprint density at radius 3 is 2.71 bits per heavy atom. The number of ether oxygens (including phenoxy) is 1. The maximum atomic E-state index is 11.6. The SMILES string of the molecule is C[C@@H](Oc1cc(-c2ccn(C(C)(C)C)n2)cc2nn(C)cc12)[C@H]1CNC(=O)C1. The first-order valence-corrected chi connectivity index (χ1v) is 9.68. The lowest BCUT2D eigenvalue weighted by atomic mass is 10.0. The molecule has 7 nitrogen and oxygen atoms in total. The summed E-state index contributed by atoms with van der Waals surface area (Å²) < 4.78 is 10.1. The van der Waals surface area contributed by atoms with Crippen molar-refractivity contribution in [3.63, 3.8) is 0 Å². The lowest BCUT2D eigenvalue weighted by molar-refractivity contribution is -0.119. The summed E-state index contributed by atoms with van der Waals surface area (Å²) in [7, 11) is 1.90. The number of nitrogens with one attached hydrogen (secondary N) is 1. The van der Waals surface area contributed by atoms with Gasteiger partial charge in [0, 0.05) is 43.9 Å². The maximum absolute atomic E-state index is 11.6. The van der Waals surface area contributed by atoms with Crippen molar-refractivity contribution in [2.45, 2.75) is 45.8 Å². The summed E-state index contributed by atoms with van der Waals surface area (Å²) in [4.78, 5) is 11.6. The third-order valence-corrected chi connectivity index (χ3v) is 5.26. The second-order valence-corrected chi connectivity index (χ2v) is 8.62. The normalized spacial score (nSPS) is 18.5. The second kappa shape index (κ2) is 6.65. The van der Waals surface area contributed by atoms with Gasteiger partial charge in [-0.1, -0.05) is 0 Å². The van der Waals surface area contributed by atoms with Crippen molar-refractivity contribution in [1.29, 1.82) is 0 Å². The molecule has 1 amide bonds. The quantitative estimate of drug-likeness (QED) is 0.754. The van der Waals surface area contributed by atoms with Crippen LogP contribution in [0.4, 0.5) is 0 Å². The van der Waals surface area contributed by atoms with Crippen molar-refractivity contribution in [3.8, 4) is 17.0 Å². The Hall–Kier alpha value is -2.83. The van der Waals surface area contributed by atoms with Crippen LogP contribution in [0.5, 0.6) is 5.75 Å². The van der Waals surface area contributed by atoms with Crippen molar-refractivity contribution in [2.75, 3.05) is 6.54 Å². The van der Waals surface area contributed by atoms with Gasteiger partial charge in [0.05, 0.1) is 22.1 Å². The monoisotopic (exact) mass is 381 g/mol. The molecule has 0 radical (unpaired) electrons. The Balaban J connectivity index is 1.71. The van der Waals surface area contributed by atoms with E-state index in [1.165, 1.54) is 0 Å². The molecule has 1 aromatic carbocycles. The largest absolute Gasteiger partial charge is 0.490 e. The van der Waals surface area contributed by atoms with Crippen LogP contribution in [0.1, 0.15) is 34.1 Å². The van der Waals surface area contributed by atoms with Crippen molar-refractivity contribution < 1.29 is 9.53 Å². The molecule has 0 spiro atoms. The minimum Gasteiger partial charge on any atom is -0.490 e. The Bertz CT molecular complexity index is 1030. The molecule has 1 fully saturated rings. The summed E-state index contributed by atoms with van der Waals surface area (Å²) in [6.07, 6.45) is 4.39. The zero-order valence-corrected chi connectivity index (χ0v) is 17.1. The van der Waals surface area contributed by atoms with Crippen LogP contribution in [0.2, 0.25) is 0 Å². The topological polar surface area (TPSA) is 74.0 Å². The molecule has 28 heavy (non-hydrogen) atoms. The minimum atomic E-state index is -0.0802. The number of carbonyl (C=O) groups excluding carboxylic acids is 1. The third kappa shape index (κ3) is 3.48. The zero-order valence-electron chi connectivity index (χ0n) is 17.1. The minimum absolute atomic E-state index is 0.0789. The molecule has 2 aromatic heterocycles. The van der Waals surface area contributed by atoms with Crippen LogP contribution in [0.25, 0.3) is 22.2 Å². The summed E-state index contributed by atoms with van der Waals surface area (Å²) in [6.45, 7) is 9.05. The highest BCUT2D eigenvalue weighted by molar-refractivity contribution is 5.89. The molecule has 148 valence electrons. The number of aromatic nitrogens is 4. The Labute approximate surface area is 164 Å². The molecule has 0 aliphatic carbocycles. The molecule has 3 aromatic rings. The number of hydrogen-bond donors (Lipinski definition) is 1. The highest BCUT2D eigenvalue weighted by Crippen LogP contribution is 2.33. The fraction of sp³-hybridized carbons (Fsp3) is 0.476. The van der Waals surface area contributed by atoms with Gasteiger partial charge in [0.2, 0.25) is 5.91 Å². The van der Waals surface area contributed by atoms with Crippen LogP contribution in [0, 0.1) is 5.92 Å². The number of nitrogens with zero attached hydrogens (tertiary/aromatic N) is 4. The van der Waals surface area contributed by atoms with E-state index in [1.54, 1.807) is 4.68 Å². The molecule has 0 unspecified atom stereocenters. The first-order valence-electron chi connectivity index (χ1n) is 9.68. The number of benzene rings is 1. The number of aryl methyl sites for hydroxylation is 1. The van der Waals surface area contributed by atoms with E-state index < -0.39 is 0 Å². The molecule has 1 aliphatic rings. The van der Waals surface area contributed by atoms with Gasteiger partial charge in [-0.2, -0.15) is 10.2 Å². The van der Waals surface area contributed by atoms with E-state index in [2.05, 4.69) is 31.2 Å². The van der Waals surface area contributed by atoms with Crippen LogP contribution in [0.15, 0.2) is 30.6 Å². The molecular weight excluding hydrogens is 354 g/mol. The van der Waals surface area contributed by atoms with E-state index in [0.717, 1.165) is 27.9 Å². The molecule has 4 rings (SSSR count). The lowest BCUT2D eigenvalue weighted by Gasteiger charge is -2.20. The summed E-state index contributed by atoms with van der Waals surface area (Å²) in [5.74, 6) is 1.04. The van der Waals surface area contributed by atoms with Gasteiger partial charge in [-0.15, -0.1) is 0 Å². The molecule has 7 heteroatoms. The Kier molecular flexibility index (Phi) is 4.40. The molecule has 0 saturated carbocycles. The van der Waals surface area contributed by atoms with Gasteiger partial charge in [0.1, 0.15) is 11.9 Å². The van der Waals surface area contributed by atoms with Gasteiger partial charge in [0.15, 0.2) is 0 Å². The van der Waals surface area contributed by atoms with Crippen LogP contribution >= 0.6 is 0 Å². The fourth-order valence-corrected chi connectivity index (χ4v) is 3.56. The first-order chi connectivity index (χ1) is 13.2. The van der Waals surface area contributed by atoms with Crippen molar-refractivity contribution in [1.82, 2.24) is 24.9 Å². The molecule has 0 bridgehead atoms. The molecule has 1 N–H and O–H groups in total. The van der Waals surface area contributed by atoms with E-state index >= 15 is 0 Å². The summed E-state index contributed by atoms with van der Waals surface area (Å²) in [6, 6.07) is 6.09. The van der Waals surface area contributed by atoms with Crippen LogP contribution in [0.3, 0.4) is 0 Å². The van der Waals surface area contributed by atoms with Crippen LogP contribution in [-0.4, -0.2) is 38.1 Å². The van der Waals surface area contributed by atoms with Gasteiger partial charge in [-0.3, -0.25) is 14.2 Å². The van der Waals surface area contributed by atoms with Crippen molar-refractivity contribution in [3.05, 3.63) is 30.6 Å². The van der Waals surface area contributed by atoms with Crippen molar-refractivity contribution >= 4 is 16.8 Å². The Morgan fingerprint density at radius 1 is 1.29 bits per heavy atom. The standard InChI is InChI=1S/C21H27N5O2/c1-13(15-10-20(27)22-11-15)28-19-9-14(8-18-16(19)12-25(5)23-18)17-6-7-26(24-17)21(2,3)4/h6-9,12-13,15H,10-11H2,1-5H3,(H,22,27)/t13-,15-/m1/s1. The lowest BCUT2D eigenvalue weighted by Crippen LogP contribution is -2.25. The third-order valence-electron chi connectivity index (χ3n) is 5.26. The van der Waals surface area contributed by atoms with Crippen LogP contribution < -0.4 is 10.1 Å². The van der Waals surface area contributed by atoms with E-state index in [0.29, 0.717) is 13.0 Å². The smallest absolute Gasteiger partial charge is 0.220 e. The van der Waals surface area contributed by atoms with E-state index in [4.69, 9.17) is 9.84 Å². The highest BCUT2D eigenvalue weighted by atomic mass is 16.5. The van der Waals surface area contributed by atoms with E-state index in [9.17, 15) is 4.79 Å². The van der Waals surface area contributed by atoms with E-state index in [-0.39, 0.29) is 23.5 Å². The van der Waals surface area contributed by atoms with Gasteiger partial charge in [0.25, 0.3) is 0 Å². The fourth-order valence-electron chi connectivity index (χ4n) is 3.56. The first kappa shape index (κ1) is 18.5. The average Bonchev–Trinajstić information content (AvgIpc) is 3.32. The molecular formula is C21H27N5O2.